The second kappa shape index (κ2) is 6.83. The van der Waals surface area contributed by atoms with Gasteiger partial charge in [-0.1, -0.05) is 29.8 Å². The first-order valence-corrected chi connectivity index (χ1v) is 7.46. The first-order valence-electron chi connectivity index (χ1n) is 7.46. The van der Waals surface area contributed by atoms with Crippen molar-refractivity contribution in [2.45, 2.75) is 13.5 Å². The number of hydrogen-bond acceptors (Lipinski definition) is 3. The van der Waals surface area contributed by atoms with Gasteiger partial charge in [-0.15, -0.1) is 0 Å². The molecule has 1 amide bonds. The number of aryl methyl sites for hydroxylation is 1. The Morgan fingerprint density at radius 1 is 1.00 bits per heavy atom. The standard InChI is InChI=1S/C19H18N2O2/c1-14-8-10-15(11-9-14)21-18-7-3-2-6-17(18)19(22)20-13-16-5-4-12-23-16/h2-12,21H,13H2,1H3,(H,20,22). The van der Waals surface area contributed by atoms with Gasteiger partial charge < -0.3 is 15.1 Å². The van der Waals surface area contributed by atoms with Gasteiger partial charge in [-0.05, 0) is 43.3 Å². The number of benzene rings is 2. The van der Waals surface area contributed by atoms with Crippen LogP contribution in [0, 0.1) is 6.92 Å². The zero-order valence-electron chi connectivity index (χ0n) is 12.9. The average molecular weight is 306 g/mol. The molecule has 0 spiro atoms. The van der Waals surface area contributed by atoms with Crippen LogP contribution in [0.2, 0.25) is 0 Å². The van der Waals surface area contributed by atoms with Gasteiger partial charge in [-0.2, -0.15) is 0 Å². The first kappa shape index (κ1) is 14.9. The predicted octanol–water partition coefficient (Wildman–Crippen LogP) is 4.26. The van der Waals surface area contributed by atoms with Gasteiger partial charge in [-0.25, -0.2) is 0 Å². The summed E-state index contributed by atoms with van der Waals surface area (Å²) in [7, 11) is 0. The van der Waals surface area contributed by atoms with Crippen molar-refractivity contribution in [3.8, 4) is 0 Å². The molecule has 2 aromatic carbocycles. The summed E-state index contributed by atoms with van der Waals surface area (Å²) in [6, 6.07) is 19.1. The zero-order valence-corrected chi connectivity index (χ0v) is 12.9. The third-order valence-corrected chi connectivity index (χ3v) is 3.51. The van der Waals surface area contributed by atoms with Crippen LogP contribution in [0.4, 0.5) is 11.4 Å². The van der Waals surface area contributed by atoms with E-state index in [0.29, 0.717) is 12.1 Å². The summed E-state index contributed by atoms with van der Waals surface area (Å²) in [6.07, 6.45) is 1.59. The van der Waals surface area contributed by atoms with Crippen molar-refractivity contribution in [2.75, 3.05) is 5.32 Å². The van der Waals surface area contributed by atoms with Crippen LogP contribution in [0.1, 0.15) is 21.7 Å². The van der Waals surface area contributed by atoms with Gasteiger partial charge >= 0.3 is 0 Å². The highest BCUT2D eigenvalue weighted by atomic mass is 16.3. The second-order valence-corrected chi connectivity index (χ2v) is 5.30. The molecular formula is C19H18N2O2. The van der Waals surface area contributed by atoms with Gasteiger partial charge in [0.05, 0.1) is 24.1 Å². The molecule has 0 aliphatic heterocycles. The number of carbonyl (C=O) groups is 1. The summed E-state index contributed by atoms with van der Waals surface area (Å²) in [5.41, 5.74) is 3.51. The molecule has 0 unspecified atom stereocenters. The van der Waals surface area contributed by atoms with Gasteiger partial charge in [0, 0.05) is 5.69 Å². The third-order valence-electron chi connectivity index (χ3n) is 3.51. The Bertz CT molecular complexity index is 777. The SMILES string of the molecule is Cc1ccc(Nc2ccccc2C(=O)NCc2ccco2)cc1. The number of amides is 1. The smallest absolute Gasteiger partial charge is 0.253 e. The van der Waals surface area contributed by atoms with E-state index in [9.17, 15) is 4.79 Å². The summed E-state index contributed by atoms with van der Waals surface area (Å²) >= 11 is 0. The van der Waals surface area contributed by atoms with Crippen LogP contribution in [0.5, 0.6) is 0 Å². The maximum atomic E-state index is 12.4. The fraction of sp³-hybridized carbons (Fsp3) is 0.105. The van der Waals surface area contributed by atoms with Gasteiger partial charge in [0.25, 0.3) is 5.91 Å². The highest BCUT2D eigenvalue weighted by molar-refractivity contribution is 6.00. The van der Waals surface area contributed by atoms with Crippen LogP contribution in [-0.4, -0.2) is 5.91 Å². The van der Waals surface area contributed by atoms with Crippen LogP contribution in [0.25, 0.3) is 0 Å². The van der Waals surface area contributed by atoms with E-state index in [0.717, 1.165) is 17.1 Å². The normalized spacial score (nSPS) is 10.3. The molecule has 4 nitrogen and oxygen atoms in total. The molecule has 0 radical (unpaired) electrons. The van der Waals surface area contributed by atoms with Crippen molar-refractivity contribution in [3.05, 3.63) is 83.8 Å². The number of nitrogens with one attached hydrogen (secondary N) is 2. The Morgan fingerprint density at radius 3 is 2.52 bits per heavy atom. The van der Waals surface area contributed by atoms with Crippen molar-refractivity contribution in [1.29, 1.82) is 0 Å². The second-order valence-electron chi connectivity index (χ2n) is 5.30. The first-order chi connectivity index (χ1) is 11.2. The van der Waals surface area contributed by atoms with Crippen molar-refractivity contribution in [3.63, 3.8) is 0 Å². The Kier molecular flexibility index (Phi) is 4.43. The molecule has 23 heavy (non-hydrogen) atoms. The number of furan rings is 1. The lowest BCUT2D eigenvalue weighted by atomic mass is 10.1. The van der Waals surface area contributed by atoms with Crippen LogP contribution in [0.15, 0.2) is 71.3 Å². The van der Waals surface area contributed by atoms with E-state index in [1.807, 2.05) is 55.5 Å². The van der Waals surface area contributed by atoms with Crippen LogP contribution < -0.4 is 10.6 Å². The number of para-hydroxylation sites is 1. The molecule has 2 N–H and O–H groups in total. The maximum absolute atomic E-state index is 12.4. The zero-order chi connectivity index (χ0) is 16.1. The molecule has 4 heteroatoms. The average Bonchev–Trinajstić information content (AvgIpc) is 3.09. The van der Waals surface area contributed by atoms with E-state index < -0.39 is 0 Å². The van der Waals surface area contributed by atoms with E-state index in [4.69, 9.17) is 4.42 Å². The molecule has 116 valence electrons. The Balaban J connectivity index is 1.74. The number of anilines is 2. The maximum Gasteiger partial charge on any atom is 0.253 e. The summed E-state index contributed by atoms with van der Waals surface area (Å²) in [6.45, 7) is 2.41. The molecule has 0 saturated carbocycles. The van der Waals surface area contributed by atoms with Crippen molar-refractivity contribution >= 4 is 17.3 Å². The van der Waals surface area contributed by atoms with E-state index in [1.54, 1.807) is 18.4 Å². The minimum Gasteiger partial charge on any atom is -0.467 e. The molecule has 0 fully saturated rings. The van der Waals surface area contributed by atoms with Crippen LogP contribution in [0.3, 0.4) is 0 Å². The molecule has 0 saturated heterocycles. The number of carbonyl (C=O) groups excluding carboxylic acids is 1. The summed E-state index contributed by atoms with van der Waals surface area (Å²) in [4.78, 5) is 12.4. The van der Waals surface area contributed by atoms with Gasteiger partial charge in [0.1, 0.15) is 5.76 Å². The van der Waals surface area contributed by atoms with Crippen molar-refractivity contribution < 1.29 is 9.21 Å². The fourth-order valence-electron chi connectivity index (χ4n) is 2.26. The van der Waals surface area contributed by atoms with E-state index >= 15 is 0 Å². The molecule has 0 aliphatic carbocycles. The molecule has 3 rings (SSSR count). The van der Waals surface area contributed by atoms with Crippen molar-refractivity contribution in [1.82, 2.24) is 5.32 Å². The van der Waals surface area contributed by atoms with E-state index in [1.165, 1.54) is 5.56 Å². The highest BCUT2D eigenvalue weighted by Gasteiger charge is 2.11. The molecule has 3 aromatic rings. The Hall–Kier alpha value is -3.01. The lowest BCUT2D eigenvalue weighted by Gasteiger charge is -2.12. The predicted molar refractivity (Wildman–Crippen MR) is 90.8 cm³/mol. The summed E-state index contributed by atoms with van der Waals surface area (Å²) < 4.78 is 5.23. The molecule has 1 aromatic heterocycles. The summed E-state index contributed by atoms with van der Waals surface area (Å²) in [5, 5.41) is 6.15. The van der Waals surface area contributed by atoms with Gasteiger partial charge in [-0.3, -0.25) is 4.79 Å². The van der Waals surface area contributed by atoms with Crippen molar-refractivity contribution in [2.24, 2.45) is 0 Å². The molecule has 0 aliphatic rings. The topological polar surface area (TPSA) is 54.3 Å². The Labute approximate surface area is 135 Å². The monoisotopic (exact) mass is 306 g/mol. The lowest BCUT2D eigenvalue weighted by Crippen LogP contribution is -2.23. The third kappa shape index (κ3) is 3.80. The highest BCUT2D eigenvalue weighted by Crippen LogP contribution is 2.21. The van der Waals surface area contributed by atoms with Gasteiger partial charge in [0.2, 0.25) is 0 Å². The van der Waals surface area contributed by atoms with Crippen LogP contribution >= 0.6 is 0 Å². The Morgan fingerprint density at radius 2 is 1.78 bits per heavy atom. The molecule has 0 bridgehead atoms. The fourth-order valence-corrected chi connectivity index (χ4v) is 2.26. The minimum atomic E-state index is -0.142. The number of hydrogen-bond donors (Lipinski definition) is 2. The number of rotatable bonds is 5. The molecule has 0 atom stereocenters. The van der Waals surface area contributed by atoms with E-state index in [2.05, 4.69) is 10.6 Å². The minimum absolute atomic E-state index is 0.142. The van der Waals surface area contributed by atoms with Crippen LogP contribution in [-0.2, 0) is 6.54 Å². The quantitative estimate of drug-likeness (QED) is 0.740. The lowest BCUT2D eigenvalue weighted by molar-refractivity contribution is 0.0949. The van der Waals surface area contributed by atoms with E-state index in [-0.39, 0.29) is 5.91 Å². The molecular weight excluding hydrogens is 288 g/mol. The van der Waals surface area contributed by atoms with Gasteiger partial charge in [0.15, 0.2) is 0 Å². The molecule has 1 heterocycles. The largest absolute Gasteiger partial charge is 0.467 e. The summed E-state index contributed by atoms with van der Waals surface area (Å²) in [5.74, 6) is 0.582.